The van der Waals surface area contributed by atoms with Crippen LogP contribution in [0.4, 0.5) is 17.5 Å². The van der Waals surface area contributed by atoms with Crippen molar-refractivity contribution < 1.29 is 0 Å². The van der Waals surface area contributed by atoms with Crippen LogP contribution in [0.5, 0.6) is 0 Å². The molecular weight excluding hydrogens is 357 g/mol. The largest absolute Gasteiger partial charge is 0.350 e. The Morgan fingerprint density at radius 1 is 1.04 bits per heavy atom. The van der Waals surface area contributed by atoms with Crippen LogP contribution < -0.4 is 10.2 Å². The molecule has 25 heavy (non-hydrogen) atoms. The third kappa shape index (κ3) is 3.52. The first-order valence-electron chi connectivity index (χ1n) is 7.92. The maximum Gasteiger partial charge on any atom is 0.249 e. The number of hydrogen-bond donors (Lipinski definition) is 1. The van der Waals surface area contributed by atoms with E-state index in [2.05, 4.69) is 49.7 Å². The van der Waals surface area contributed by atoms with Crippen molar-refractivity contribution in [1.29, 1.82) is 0 Å². The summed E-state index contributed by atoms with van der Waals surface area (Å²) in [4.78, 5) is 6.78. The second-order valence-corrected chi connectivity index (χ2v) is 6.67. The van der Waals surface area contributed by atoms with Gasteiger partial charge in [0.05, 0.1) is 16.9 Å². The summed E-state index contributed by atoms with van der Waals surface area (Å²) in [6.45, 7) is 1.72. The molecule has 1 aliphatic heterocycles. The highest BCUT2D eigenvalue weighted by atomic mass is 35.5. The summed E-state index contributed by atoms with van der Waals surface area (Å²) < 4.78 is 0. The van der Waals surface area contributed by atoms with E-state index in [0.717, 1.165) is 25.3 Å². The highest BCUT2D eigenvalue weighted by Gasteiger charge is 2.18. The second-order valence-electron chi connectivity index (χ2n) is 5.83. The topological polar surface area (TPSA) is 53.9 Å². The van der Waals surface area contributed by atoms with E-state index in [9.17, 15) is 0 Å². The lowest BCUT2D eigenvalue weighted by atomic mass is 10.0. The maximum absolute atomic E-state index is 6.19. The predicted molar refractivity (Wildman–Crippen MR) is 101 cm³/mol. The summed E-state index contributed by atoms with van der Waals surface area (Å²) >= 11 is 12.1. The molecule has 1 aromatic heterocycles. The maximum atomic E-state index is 6.19. The van der Waals surface area contributed by atoms with E-state index in [0.29, 0.717) is 21.7 Å². The summed E-state index contributed by atoms with van der Waals surface area (Å²) in [6, 6.07) is 13.7. The Morgan fingerprint density at radius 2 is 1.88 bits per heavy atom. The third-order valence-corrected chi connectivity index (χ3v) is 4.73. The number of hydrogen-bond acceptors (Lipinski definition) is 5. The third-order valence-electron chi connectivity index (χ3n) is 4.18. The summed E-state index contributed by atoms with van der Waals surface area (Å²) in [5.74, 6) is 1.19. The monoisotopic (exact) mass is 371 g/mol. The minimum atomic E-state index is 0.403. The molecule has 0 atom stereocenters. The second kappa shape index (κ2) is 6.86. The van der Waals surface area contributed by atoms with E-state index in [1.54, 1.807) is 24.4 Å². The lowest BCUT2D eigenvalue weighted by Crippen LogP contribution is -2.31. The van der Waals surface area contributed by atoms with E-state index in [-0.39, 0.29) is 0 Å². The number of halogens is 2. The predicted octanol–water partition coefficient (Wildman–Crippen LogP) is 4.48. The molecule has 3 aromatic rings. The molecule has 0 aliphatic carbocycles. The molecule has 5 nitrogen and oxygen atoms in total. The lowest BCUT2D eigenvalue weighted by Gasteiger charge is -2.29. The number of nitrogens with one attached hydrogen (secondary N) is 1. The molecule has 0 amide bonds. The molecule has 0 radical (unpaired) electrons. The number of aromatic nitrogens is 3. The first kappa shape index (κ1) is 16.1. The fourth-order valence-corrected chi connectivity index (χ4v) is 3.36. The van der Waals surface area contributed by atoms with Crippen LogP contribution in [-0.4, -0.2) is 21.7 Å². The molecule has 0 fully saturated rings. The van der Waals surface area contributed by atoms with Crippen molar-refractivity contribution in [2.24, 2.45) is 0 Å². The van der Waals surface area contributed by atoms with Crippen molar-refractivity contribution in [3.8, 4) is 0 Å². The smallest absolute Gasteiger partial charge is 0.249 e. The fraction of sp³-hybridized carbons (Fsp3) is 0.167. The van der Waals surface area contributed by atoms with Gasteiger partial charge in [0.1, 0.15) is 0 Å². The van der Waals surface area contributed by atoms with Crippen LogP contribution in [0.15, 0.2) is 48.7 Å². The molecule has 2 heterocycles. The van der Waals surface area contributed by atoms with Crippen molar-refractivity contribution in [1.82, 2.24) is 15.2 Å². The first-order chi connectivity index (χ1) is 12.2. The molecule has 126 valence electrons. The molecule has 0 bridgehead atoms. The Hall–Kier alpha value is -2.37. The summed E-state index contributed by atoms with van der Waals surface area (Å²) in [6.07, 6.45) is 2.68. The van der Waals surface area contributed by atoms with E-state index >= 15 is 0 Å². The number of nitrogens with zero attached hydrogens (tertiary/aromatic N) is 4. The highest BCUT2D eigenvalue weighted by molar-refractivity contribution is 6.36. The Morgan fingerprint density at radius 3 is 2.72 bits per heavy atom. The van der Waals surface area contributed by atoms with E-state index in [4.69, 9.17) is 23.2 Å². The van der Waals surface area contributed by atoms with Gasteiger partial charge >= 0.3 is 0 Å². The van der Waals surface area contributed by atoms with Crippen molar-refractivity contribution in [2.45, 2.75) is 13.0 Å². The number of anilines is 3. The van der Waals surface area contributed by atoms with Crippen LogP contribution in [0.1, 0.15) is 11.1 Å². The summed E-state index contributed by atoms with van der Waals surface area (Å²) in [5.41, 5.74) is 3.41. The van der Waals surface area contributed by atoms with Crippen LogP contribution in [0, 0.1) is 0 Å². The Kier molecular flexibility index (Phi) is 4.42. The average Bonchev–Trinajstić information content (AvgIpc) is 2.64. The van der Waals surface area contributed by atoms with Crippen molar-refractivity contribution in [3.05, 3.63) is 69.8 Å². The SMILES string of the molecule is Clc1ccc(Nc2nncc(N3CCc4ccccc4C3)n2)c(Cl)c1. The number of benzene rings is 2. The van der Waals surface area contributed by atoms with Gasteiger partial charge in [-0.05, 0) is 35.7 Å². The standard InChI is InChI=1S/C18H15Cl2N5/c19-14-5-6-16(15(20)9-14)22-18-23-17(10-21-24-18)25-8-7-12-3-1-2-4-13(12)11-25/h1-6,9-10H,7-8,11H2,(H,22,23,24). The zero-order valence-electron chi connectivity index (χ0n) is 13.3. The van der Waals surface area contributed by atoms with Crippen LogP contribution >= 0.6 is 23.2 Å². The molecule has 0 unspecified atom stereocenters. The van der Waals surface area contributed by atoms with Gasteiger partial charge in [-0.15, -0.1) is 5.10 Å². The van der Waals surface area contributed by atoms with E-state index in [1.807, 2.05) is 0 Å². The quantitative estimate of drug-likeness (QED) is 0.735. The first-order valence-corrected chi connectivity index (χ1v) is 8.68. The molecule has 1 N–H and O–H groups in total. The highest BCUT2D eigenvalue weighted by Crippen LogP contribution is 2.28. The zero-order valence-corrected chi connectivity index (χ0v) is 14.8. The molecule has 0 spiro atoms. The minimum absolute atomic E-state index is 0.403. The Balaban J connectivity index is 1.56. The molecule has 0 saturated carbocycles. The van der Waals surface area contributed by atoms with Gasteiger partial charge < -0.3 is 10.2 Å². The van der Waals surface area contributed by atoms with Gasteiger partial charge in [0, 0.05) is 18.1 Å². The molecule has 2 aromatic carbocycles. The van der Waals surface area contributed by atoms with Gasteiger partial charge in [-0.25, -0.2) is 0 Å². The number of fused-ring (bicyclic) bond motifs is 1. The van der Waals surface area contributed by atoms with Crippen LogP contribution in [0.3, 0.4) is 0 Å². The molecule has 7 heteroatoms. The van der Waals surface area contributed by atoms with Gasteiger partial charge in [-0.1, -0.05) is 47.5 Å². The fourth-order valence-electron chi connectivity index (χ4n) is 2.90. The lowest BCUT2D eigenvalue weighted by molar-refractivity contribution is 0.715. The van der Waals surface area contributed by atoms with E-state index < -0.39 is 0 Å². The van der Waals surface area contributed by atoms with E-state index in [1.165, 1.54) is 11.1 Å². The van der Waals surface area contributed by atoms with Crippen molar-refractivity contribution in [3.63, 3.8) is 0 Å². The molecular formula is C18H15Cl2N5. The van der Waals surface area contributed by atoms with Crippen molar-refractivity contribution >= 4 is 40.7 Å². The van der Waals surface area contributed by atoms with Crippen LogP contribution in [-0.2, 0) is 13.0 Å². The van der Waals surface area contributed by atoms with Gasteiger partial charge in [0.2, 0.25) is 5.95 Å². The number of rotatable bonds is 3. The molecule has 1 aliphatic rings. The Bertz CT molecular complexity index is 915. The van der Waals surface area contributed by atoms with Gasteiger partial charge in [0.15, 0.2) is 5.82 Å². The van der Waals surface area contributed by atoms with Gasteiger partial charge in [-0.3, -0.25) is 0 Å². The minimum Gasteiger partial charge on any atom is -0.350 e. The van der Waals surface area contributed by atoms with Crippen LogP contribution in [0.2, 0.25) is 10.0 Å². The van der Waals surface area contributed by atoms with Crippen LogP contribution in [0.25, 0.3) is 0 Å². The normalized spacial score (nSPS) is 13.4. The molecule has 4 rings (SSSR count). The van der Waals surface area contributed by atoms with Gasteiger partial charge in [-0.2, -0.15) is 10.1 Å². The summed E-state index contributed by atoms with van der Waals surface area (Å²) in [7, 11) is 0. The average molecular weight is 372 g/mol. The molecule has 0 saturated heterocycles. The zero-order chi connectivity index (χ0) is 17.2. The van der Waals surface area contributed by atoms with Crippen molar-refractivity contribution in [2.75, 3.05) is 16.8 Å². The Labute approximate surface area is 155 Å². The summed E-state index contributed by atoms with van der Waals surface area (Å²) in [5, 5.41) is 12.3. The van der Waals surface area contributed by atoms with Gasteiger partial charge in [0.25, 0.3) is 0 Å².